The number of benzene rings is 1. The van der Waals surface area contributed by atoms with Gasteiger partial charge >= 0.3 is 5.97 Å². The maximum absolute atomic E-state index is 13.0. The van der Waals surface area contributed by atoms with Crippen LogP contribution in [-0.4, -0.2) is 36.4 Å². The summed E-state index contributed by atoms with van der Waals surface area (Å²) < 4.78 is 38.6. The first-order valence-electron chi connectivity index (χ1n) is 5.35. The lowest BCUT2D eigenvalue weighted by Gasteiger charge is -2.24. The molecule has 0 amide bonds. The Morgan fingerprint density at radius 1 is 1.47 bits per heavy atom. The maximum Gasteiger partial charge on any atom is 0.318 e. The van der Waals surface area contributed by atoms with Crippen molar-refractivity contribution >= 4 is 31.9 Å². The average Bonchev–Trinajstić information content (AvgIpc) is 2.24. The van der Waals surface area contributed by atoms with E-state index in [2.05, 4.69) is 15.9 Å². The van der Waals surface area contributed by atoms with Gasteiger partial charge in [-0.05, 0) is 48.0 Å². The number of nitrogens with zero attached hydrogens (tertiary/aromatic N) is 1. The van der Waals surface area contributed by atoms with Crippen LogP contribution in [0, 0.1) is 5.82 Å². The average molecular weight is 354 g/mol. The summed E-state index contributed by atoms with van der Waals surface area (Å²) in [6.07, 6.45) is 0. The first-order valence-corrected chi connectivity index (χ1v) is 7.58. The first kappa shape index (κ1) is 16.1. The van der Waals surface area contributed by atoms with Crippen molar-refractivity contribution in [3.8, 4) is 0 Å². The van der Waals surface area contributed by atoms with E-state index in [1.54, 1.807) is 13.8 Å². The number of hydrogen-bond acceptors (Lipinski definition) is 3. The third kappa shape index (κ3) is 3.74. The van der Waals surface area contributed by atoms with E-state index in [-0.39, 0.29) is 9.37 Å². The SMILES string of the molecule is CC(C)N(CC(=O)O)S(=O)(=O)c1ccc(F)cc1Br. The Kier molecular flexibility index (Phi) is 5.05. The summed E-state index contributed by atoms with van der Waals surface area (Å²) in [6.45, 7) is 2.49. The largest absolute Gasteiger partial charge is 0.480 e. The van der Waals surface area contributed by atoms with Gasteiger partial charge in [0.15, 0.2) is 0 Å². The van der Waals surface area contributed by atoms with E-state index in [1.165, 1.54) is 0 Å². The molecule has 0 saturated heterocycles. The fourth-order valence-electron chi connectivity index (χ4n) is 1.49. The first-order chi connectivity index (χ1) is 8.66. The lowest BCUT2D eigenvalue weighted by Crippen LogP contribution is -2.40. The van der Waals surface area contributed by atoms with Gasteiger partial charge in [0.1, 0.15) is 12.4 Å². The number of carboxylic acids is 1. The van der Waals surface area contributed by atoms with E-state index in [9.17, 15) is 17.6 Å². The van der Waals surface area contributed by atoms with Crippen LogP contribution in [0.1, 0.15) is 13.8 Å². The molecule has 1 aromatic carbocycles. The second-order valence-corrected chi connectivity index (χ2v) is 6.83. The van der Waals surface area contributed by atoms with Gasteiger partial charge in [-0.15, -0.1) is 0 Å². The molecule has 0 aliphatic rings. The van der Waals surface area contributed by atoms with Gasteiger partial charge in [-0.25, -0.2) is 12.8 Å². The molecule has 19 heavy (non-hydrogen) atoms. The predicted molar refractivity (Wildman–Crippen MR) is 70.8 cm³/mol. The molecule has 1 rings (SSSR count). The summed E-state index contributed by atoms with van der Waals surface area (Å²) in [6, 6.07) is 2.60. The van der Waals surface area contributed by atoms with Crippen molar-refractivity contribution < 1.29 is 22.7 Å². The molecule has 0 aliphatic heterocycles. The molecular formula is C11H13BrFNO4S. The van der Waals surface area contributed by atoms with E-state index in [0.717, 1.165) is 22.5 Å². The monoisotopic (exact) mass is 353 g/mol. The quantitative estimate of drug-likeness (QED) is 0.879. The Hall–Kier alpha value is -0.990. The Bertz CT molecular complexity index is 588. The second kappa shape index (κ2) is 5.98. The molecule has 0 unspecified atom stereocenters. The molecule has 0 spiro atoms. The van der Waals surface area contributed by atoms with Crippen molar-refractivity contribution in [2.45, 2.75) is 24.8 Å². The summed E-state index contributed by atoms with van der Waals surface area (Å²) >= 11 is 2.97. The van der Waals surface area contributed by atoms with Crippen LogP contribution in [0.15, 0.2) is 27.6 Å². The van der Waals surface area contributed by atoms with Crippen LogP contribution < -0.4 is 0 Å². The highest BCUT2D eigenvalue weighted by molar-refractivity contribution is 9.10. The minimum Gasteiger partial charge on any atom is -0.480 e. The molecule has 0 bridgehead atoms. The molecular weight excluding hydrogens is 341 g/mol. The van der Waals surface area contributed by atoms with Crippen LogP contribution >= 0.6 is 15.9 Å². The van der Waals surface area contributed by atoms with Crippen LogP contribution in [0.25, 0.3) is 0 Å². The Labute approximate surface area is 119 Å². The smallest absolute Gasteiger partial charge is 0.318 e. The number of carboxylic acid groups (broad SMARTS) is 1. The fraction of sp³-hybridized carbons (Fsp3) is 0.364. The minimum absolute atomic E-state index is 0.0588. The molecule has 0 heterocycles. The van der Waals surface area contributed by atoms with Gasteiger partial charge in [0.05, 0.1) is 4.90 Å². The number of sulfonamides is 1. The molecule has 106 valence electrons. The fourth-order valence-corrected chi connectivity index (χ4v) is 4.09. The van der Waals surface area contributed by atoms with E-state index in [1.807, 2.05) is 0 Å². The highest BCUT2D eigenvalue weighted by Gasteiger charge is 2.30. The standard InChI is InChI=1S/C11H13BrFNO4S/c1-7(2)14(6-11(15)16)19(17,18)10-4-3-8(13)5-9(10)12/h3-5,7H,6H2,1-2H3,(H,15,16). The van der Waals surface area contributed by atoms with E-state index in [0.29, 0.717) is 0 Å². The lowest BCUT2D eigenvalue weighted by atomic mass is 10.3. The molecule has 1 N–H and O–H groups in total. The van der Waals surface area contributed by atoms with Crippen molar-refractivity contribution in [2.24, 2.45) is 0 Å². The topological polar surface area (TPSA) is 74.7 Å². The molecule has 0 atom stereocenters. The van der Waals surface area contributed by atoms with Crippen LogP contribution in [0.2, 0.25) is 0 Å². The normalized spacial score (nSPS) is 12.1. The third-order valence-corrected chi connectivity index (χ3v) is 5.35. The molecule has 0 radical (unpaired) electrons. The van der Waals surface area contributed by atoms with Crippen LogP contribution in [-0.2, 0) is 14.8 Å². The number of aliphatic carboxylic acids is 1. The highest BCUT2D eigenvalue weighted by Crippen LogP contribution is 2.26. The van der Waals surface area contributed by atoms with Gasteiger partial charge in [0.2, 0.25) is 10.0 Å². The van der Waals surface area contributed by atoms with E-state index in [4.69, 9.17) is 5.11 Å². The molecule has 0 aromatic heterocycles. The molecule has 8 heteroatoms. The third-order valence-electron chi connectivity index (χ3n) is 2.35. The summed E-state index contributed by atoms with van der Waals surface area (Å²) in [5.41, 5.74) is 0. The summed E-state index contributed by atoms with van der Waals surface area (Å²) in [5, 5.41) is 8.78. The van der Waals surface area contributed by atoms with E-state index < -0.39 is 34.4 Å². The van der Waals surface area contributed by atoms with Crippen molar-refractivity contribution in [2.75, 3.05) is 6.54 Å². The molecule has 5 nitrogen and oxygen atoms in total. The highest BCUT2D eigenvalue weighted by atomic mass is 79.9. The summed E-state index contributed by atoms with van der Waals surface area (Å²) in [7, 11) is -4.00. The van der Waals surface area contributed by atoms with Gasteiger partial charge in [0.25, 0.3) is 0 Å². The molecule has 0 saturated carbocycles. The van der Waals surface area contributed by atoms with Crippen molar-refractivity contribution in [1.82, 2.24) is 4.31 Å². The summed E-state index contributed by atoms with van der Waals surface area (Å²) in [5.74, 6) is -1.84. The zero-order valence-corrected chi connectivity index (χ0v) is 12.7. The van der Waals surface area contributed by atoms with Gasteiger partial charge < -0.3 is 5.11 Å². The van der Waals surface area contributed by atoms with E-state index >= 15 is 0 Å². The predicted octanol–water partition coefficient (Wildman–Crippen LogP) is 2.07. The molecule has 0 fully saturated rings. The van der Waals surface area contributed by atoms with Crippen LogP contribution in [0.4, 0.5) is 4.39 Å². The Balaban J connectivity index is 3.30. The van der Waals surface area contributed by atoms with Crippen LogP contribution in [0.5, 0.6) is 0 Å². The van der Waals surface area contributed by atoms with Gasteiger partial charge in [-0.3, -0.25) is 4.79 Å². The number of halogens is 2. The summed E-state index contributed by atoms with van der Waals surface area (Å²) in [4.78, 5) is 10.6. The van der Waals surface area contributed by atoms with Gasteiger partial charge in [-0.1, -0.05) is 0 Å². The second-order valence-electron chi connectivity index (χ2n) is 4.11. The van der Waals surface area contributed by atoms with Crippen molar-refractivity contribution in [3.63, 3.8) is 0 Å². The minimum atomic E-state index is -4.00. The zero-order chi connectivity index (χ0) is 14.8. The Morgan fingerprint density at radius 3 is 2.47 bits per heavy atom. The molecule has 1 aromatic rings. The number of hydrogen-bond donors (Lipinski definition) is 1. The maximum atomic E-state index is 13.0. The van der Waals surface area contributed by atoms with Gasteiger partial charge in [0, 0.05) is 10.5 Å². The Morgan fingerprint density at radius 2 is 2.05 bits per heavy atom. The zero-order valence-electron chi connectivity index (χ0n) is 10.3. The molecule has 0 aliphatic carbocycles. The van der Waals surface area contributed by atoms with Crippen molar-refractivity contribution in [1.29, 1.82) is 0 Å². The van der Waals surface area contributed by atoms with Crippen molar-refractivity contribution in [3.05, 3.63) is 28.5 Å². The number of rotatable bonds is 5. The van der Waals surface area contributed by atoms with Gasteiger partial charge in [-0.2, -0.15) is 4.31 Å². The number of carbonyl (C=O) groups is 1. The van der Waals surface area contributed by atoms with Crippen LogP contribution in [0.3, 0.4) is 0 Å². The lowest BCUT2D eigenvalue weighted by molar-refractivity contribution is -0.137.